The molecule has 120 valence electrons. The Hall–Kier alpha value is -2.15. The average molecular weight is 307 g/mol. The van der Waals surface area contributed by atoms with Crippen LogP contribution < -0.4 is 5.32 Å². The Balaban J connectivity index is 2.05. The summed E-state index contributed by atoms with van der Waals surface area (Å²) < 4.78 is 0. The minimum absolute atomic E-state index is 0.0481. The number of carbonyl (C=O) groups is 1. The molecule has 7 nitrogen and oxygen atoms in total. The van der Waals surface area contributed by atoms with Gasteiger partial charge in [-0.05, 0) is 32.3 Å². The quantitative estimate of drug-likeness (QED) is 0.660. The van der Waals surface area contributed by atoms with Crippen LogP contribution in [0.1, 0.15) is 36.9 Å². The Kier molecular flexibility index (Phi) is 4.97. The standard InChI is InChI=1S/C15H21N3O4/c1-10-5-6-12(8-14(10)18(21)22)11(2)16-15(20)17-7-3-4-13(19)9-17/h5-6,8,11,13,19H,3-4,7,9H2,1-2H3,(H,16,20)/t11-,13+/m1/s1. The fraction of sp³-hybridized carbons (Fsp3) is 0.533. The van der Waals surface area contributed by atoms with E-state index >= 15 is 0 Å². The Bertz CT molecular complexity index is 576. The van der Waals surface area contributed by atoms with Gasteiger partial charge >= 0.3 is 6.03 Å². The van der Waals surface area contributed by atoms with Gasteiger partial charge in [0.2, 0.25) is 0 Å². The van der Waals surface area contributed by atoms with Gasteiger partial charge in [0.1, 0.15) is 0 Å². The minimum atomic E-state index is -0.477. The number of urea groups is 1. The topological polar surface area (TPSA) is 95.7 Å². The van der Waals surface area contributed by atoms with Gasteiger partial charge in [-0.2, -0.15) is 0 Å². The maximum Gasteiger partial charge on any atom is 0.317 e. The summed E-state index contributed by atoms with van der Waals surface area (Å²) in [7, 11) is 0. The molecule has 22 heavy (non-hydrogen) atoms. The molecule has 0 saturated carbocycles. The molecule has 0 spiro atoms. The van der Waals surface area contributed by atoms with Crippen LogP contribution in [-0.2, 0) is 0 Å². The molecule has 1 heterocycles. The van der Waals surface area contributed by atoms with Crippen LogP contribution in [0, 0.1) is 17.0 Å². The number of benzene rings is 1. The summed E-state index contributed by atoms with van der Waals surface area (Å²) in [5.41, 5.74) is 1.32. The fourth-order valence-electron chi connectivity index (χ4n) is 2.59. The van der Waals surface area contributed by atoms with Gasteiger partial charge in [-0.15, -0.1) is 0 Å². The smallest absolute Gasteiger partial charge is 0.317 e. The van der Waals surface area contributed by atoms with E-state index in [4.69, 9.17) is 0 Å². The molecule has 1 aromatic rings. The fourth-order valence-corrected chi connectivity index (χ4v) is 2.59. The van der Waals surface area contributed by atoms with Crippen LogP contribution in [0.5, 0.6) is 0 Å². The van der Waals surface area contributed by atoms with E-state index in [1.165, 1.54) is 6.07 Å². The molecule has 1 aliphatic heterocycles. The van der Waals surface area contributed by atoms with E-state index in [1.807, 2.05) is 0 Å². The number of aliphatic hydroxyl groups excluding tert-OH is 1. The second-order valence-corrected chi connectivity index (χ2v) is 5.72. The Morgan fingerprint density at radius 3 is 2.91 bits per heavy atom. The zero-order chi connectivity index (χ0) is 16.3. The van der Waals surface area contributed by atoms with Crippen LogP contribution in [-0.4, -0.2) is 40.2 Å². The van der Waals surface area contributed by atoms with Crippen molar-refractivity contribution in [1.29, 1.82) is 0 Å². The predicted molar refractivity (Wildman–Crippen MR) is 81.6 cm³/mol. The van der Waals surface area contributed by atoms with Crippen LogP contribution in [0.25, 0.3) is 0 Å². The van der Waals surface area contributed by atoms with Crippen molar-refractivity contribution in [3.63, 3.8) is 0 Å². The first-order chi connectivity index (χ1) is 10.4. The number of nitro benzene ring substituents is 1. The number of β-amino-alcohol motifs (C(OH)–C–C–N with tert-alkyl or cyclic N) is 1. The van der Waals surface area contributed by atoms with Crippen LogP contribution in [0.15, 0.2) is 18.2 Å². The molecule has 7 heteroatoms. The highest BCUT2D eigenvalue weighted by molar-refractivity contribution is 5.75. The summed E-state index contributed by atoms with van der Waals surface area (Å²) >= 11 is 0. The van der Waals surface area contributed by atoms with E-state index in [2.05, 4.69) is 5.32 Å². The molecule has 2 N–H and O–H groups in total. The number of piperidine rings is 1. The van der Waals surface area contributed by atoms with Crippen LogP contribution >= 0.6 is 0 Å². The lowest BCUT2D eigenvalue weighted by atomic mass is 10.0. The molecule has 0 bridgehead atoms. The van der Waals surface area contributed by atoms with E-state index in [1.54, 1.807) is 30.9 Å². The van der Waals surface area contributed by atoms with E-state index in [0.29, 0.717) is 30.6 Å². The van der Waals surface area contributed by atoms with E-state index < -0.39 is 11.0 Å². The number of aliphatic hydroxyl groups is 1. The minimum Gasteiger partial charge on any atom is -0.391 e. The molecule has 1 aliphatic rings. The summed E-state index contributed by atoms with van der Waals surface area (Å²) in [6, 6.07) is 4.35. The predicted octanol–water partition coefficient (Wildman–Crippen LogP) is 2.13. The zero-order valence-electron chi connectivity index (χ0n) is 12.8. The molecule has 2 rings (SSSR count). The molecular formula is C15H21N3O4. The van der Waals surface area contributed by atoms with Gasteiger partial charge in [0.15, 0.2) is 0 Å². The van der Waals surface area contributed by atoms with E-state index in [-0.39, 0.29) is 17.8 Å². The van der Waals surface area contributed by atoms with Crippen molar-refractivity contribution in [2.45, 2.75) is 38.8 Å². The van der Waals surface area contributed by atoms with E-state index in [0.717, 1.165) is 6.42 Å². The van der Waals surface area contributed by atoms with Crippen molar-refractivity contribution >= 4 is 11.7 Å². The third-order valence-corrected chi connectivity index (χ3v) is 3.95. The van der Waals surface area contributed by atoms with Crippen molar-refractivity contribution in [3.8, 4) is 0 Å². The van der Waals surface area contributed by atoms with Gasteiger partial charge in [-0.25, -0.2) is 4.79 Å². The lowest BCUT2D eigenvalue weighted by Crippen LogP contribution is -2.47. The number of likely N-dealkylation sites (tertiary alicyclic amines) is 1. The largest absolute Gasteiger partial charge is 0.391 e. The highest BCUT2D eigenvalue weighted by Gasteiger charge is 2.23. The third kappa shape index (κ3) is 3.73. The Morgan fingerprint density at radius 2 is 2.27 bits per heavy atom. The number of carbonyl (C=O) groups excluding carboxylic acids is 1. The monoisotopic (exact) mass is 307 g/mol. The molecule has 1 fully saturated rings. The maximum atomic E-state index is 12.2. The second-order valence-electron chi connectivity index (χ2n) is 5.72. The van der Waals surface area contributed by atoms with Crippen LogP contribution in [0.3, 0.4) is 0 Å². The molecule has 2 amide bonds. The summed E-state index contributed by atoms with van der Waals surface area (Å²) in [6.45, 7) is 4.41. The van der Waals surface area contributed by atoms with Crippen molar-refractivity contribution in [2.75, 3.05) is 13.1 Å². The van der Waals surface area contributed by atoms with Gasteiger partial charge in [0, 0.05) is 24.7 Å². The summed E-state index contributed by atoms with van der Waals surface area (Å²) in [5.74, 6) is 0. The first kappa shape index (κ1) is 16.2. The molecule has 1 saturated heterocycles. The normalized spacial score (nSPS) is 19.6. The maximum absolute atomic E-state index is 12.2. The third-order valence-electron chi connectivity index (χ3n) is 3.95. The highest BCUT2D eigenvalue weighted by Crippen LogP contribution is 2.23. The number of amides is 2. The molecule has 0 radical (unpaired) electrons. The molecule has 0 aromatic heterocycles. The number of rotatable bonds is 3. The SMILES string of the molecule is Cc1ccc([C@@H](C)NC(=O)N2CCC[C@H](O)C2)cc1[N+](=O)[O-]. The van der Waals surface area contributed by atoms with Gasteiger partial charge in [-0.3, -0.25) is 10.1 Å². The first-order valence-electron chi connectivity index (χ1n) is 7.37. The van der Waals surface area contributed by atoms with Crippen molar-refractivity contribution in [3.05, 3.63) is 39.4 Å². The van der Waals surface area contributed by atoms with Gasteiger partial charge in [0.05, 0.1) is 17.1 Å². The summed E-state index contributed by atoms with van der Waals surface area (Å²) in [4.78, 5) is 24.3. The van der Waals surface area contributed by atoms with Crippen molar-refractivity contribution < 1.29 is 14.8 Å². The number of nitrogens with one attached hydrogen (secondary N) is 1. The second kappa shape index (κ2) is 6.74. The van der Waals surface area contributed by atoms with Crippen LogP contribution in [0.2, 0.25) is 0 Å². The number of hydrogen-bond acceptors (Lipinski definition) is 4. The van der Waals surface area contributed by atoms with Crippen molar-refractivity contribution in [1.82, 2.24) is 10.2 Å². The summed E-state index contributed by atoms with van der Waals surface area (Å²) in [5, 5.41) is 23.4. The number of aryl methyl sites for hydroxylation is 1. The average Bonchev–Trinajstić information content (AvgIpc) is 2.47. The number of nitro groups is 1. The molecule has 1 aromatic carbocycles. The number of nitrogens with zero attached hydrogens (tertiary/aromatic N) is 2. The lowest BCUT2D eigenvalue weighted by Gasteiger charge is -2.31. The Labute approximate surface area is 129 Å². The van der Waals surface area contributed by atoms with Gasteiger partial charge in [0.25, 0.3) is 5.69 Å². The Morgan fingerprint density at radius 1 is 1.55 bits per heavy atom. The first-order valence-corrected chi connectivity index (χ1v) is 7.37. The van der Waals surface area contributed by atoms with E-state index in [9.17, 15) is 20.0 Å². The van der Waals surface area contributed by atoms with Crippen molar-refractivity contribution in [2.24, 2.45) is 0 Å². The highest BCUT2D eigenvalue weighted by atomic mass is 16.6. The lowest BCUT2D eigenvalue weighted by molar-refractivity contribution is -0.385. The number of hydrogen-bond donors (Lipinski definition) is 2. The van der Waals surface area contributed by atoms with Gasteiger partial charge < -0.3 is 15.3 Å². The zero-order valence-corrected chi connectivity index (χ0v) is 12.8. The molecule has 0 unspecified atom stereocenters. The molecule has 2 atom stereocenters. The molecule has 0 aliphatic carbocycles. The van der Waals surface area contributed by atoms with Gasteiger partial charge in [-0.1, -0.05) is 12.1 Å². The molecular weight excluding hydrogens is 286 g/mol. The summed E-state index contributed by atoms with van der Waals surface area (Å²) in [6.07, 6.45) is 1.01. The van der Waals surface area contributed by atoms with Crippen LogP contribution in [0.4, 0.5) is 10.5 Å².